The molecule has 1 aromatic heterocycles. The summed E-state index contributed by atoms with van der Waals surface area (Å²) in [6, 6.07) is 4.40. The van der Waals surface area contributed by atoms with E-state index in [0.717, 1.165) is 11.8 Å². The van der Waals surface area contributed by atoms with Gasteiger partial charge in [-0.1, -0.05) is 27.7 Å². The molecule has 0 radical (unpaired) electrons. The van der Waals surface area contributed by atoms with Gasteiger partial charge in [-0.2, -0.15) is 0 Å². The third-order valence-corrected chi connectivity index (χ3v) is 3.89. The van der Waals surface area contributed by atoms with Gasteiger partial charge in [-0.3, -0.25) is 4.98 Å². The van der Waals surface area contributed by atoms with Gasteiger partial charge in [-0.05, 0) is 36.3 Å². The Morgan fingerprint density at radius 3 is 2.47 bits per heavy atom. The zero-order valence-corrected chi connectivity index (χ0v) is 11.5. The molecule has 94 valence electrons. The zero-order chi connectivity index (χ0) is 12.4. The van der Waals surface area contributed by atoms with Crippen LogP contribution in [0.5, 0.6) is 0 Å². The number of aromatic nitrogens is 1. The monoisotopic (exact) mass is 232 g/mol. The quantitative estimate of drug-likeness (QED) is 0.790. The molecule has 0 aliphatic carbocycles. The van der Waals surface area contributed by atoms with Gasteiger partial charge in [-0.15, -0.1) is 0 Å². The van der Waals surface area contributed by atoms with Crippen LogP contribution in [0.1, 0.15) is 45.7 Å². The van der Waals surface area contributed by atoms with E-state index in [2.05, 4.69) is 49.7 Å². The molecule has 1 saturated heterocycles. The van der Waals surface area contributed by atoms with Gasteiger partial charge in [0.25, 0.3) is 0 Å². The van der Waals surface area contributed by atoms with Crippen molar-refractivity contribution in [1.29, 1.82) is 0 Å². The molecule has 0 bridgehead atoms. The molecular weight excluding hydrogens is 208 g/mol. The Balaban J connectivity index is 2.04. The van der Waals surface area contributed by atoms with E-state index in [1.807, 2.05) is 6.20 Å². The molecule has 0 saturated carbocycles. The molecule has 17 heavy (non-hydrogen) atoms. The summed E-state index contributed by atoms with van der Waals surface area (Å²) < 4.78 is 0. The number of hydrogen-bond acceptors (Lipinski definition) is 2. The first-order chi connectivity index (χ1) is 8.08. The van der Waals surface area contributed by atoms with E-state index in [1.54, 1.807) is 0 Å². The van der Waals surface area contributed by atoms with Crippen LogP contribution in [0, 0.1) is 11.8 Å². The van der Waals surface area contributed by atoms with E-state index in [0.29, 0.717) is 5.92 Å². The maximum atomic E-state index is 4.55. The molecule has 2 heteroatoms. The summed E-state index contributed by atoms with van der Waals surface area (Å²) in [5, 5.41) is 0. The fourth-order valence-electron chi connectivity index (χ4n) is 2.49. The third-order valence-electron chi connectivity index (χ3n) is 3.89. The van der Waals surface area contributed by atoms with Gasteiger partial charge in [0.15, 0.2) is 0 Å². The Morgan fingerprint density at radius 1 is 1.24 bits per heavy atom. The largest absolute Gasteiger partial charge is 0.370 e. The molecule has 1 unspecified atom stereocenters. The first kappa shape index (κ1) is 12.4. The van der Waals surface area contributed by atoms with Crippen LogP contribution in [0.25, 0.3) is 0 Å². The van der Waals surface area contributed by atoms with Gasteiger partial charge in [0.05, 0.1) is 11.9 Å². The highest BCUT2D eigenvalue weighted by Crippen LogP contribution is 2.28. The number of anilines is 1. The van der Waals surface area contributed by atoms with Crippen molar-refractivity contribution < 1.29 is 0 Å². The van der Waals surface area contributed by atoms with Gasteiger partial charge in [0.2, 0.25) is 0 Å². The molecule has 1 aliphatic heterocycles. The highest BCUT2D eigenvalue weighted by atomic mass is 15.2. The average Bonchev–Trinajstić information content (AvgIpc) is 2.78. The first-order valence-electron chi connectivity index (χ1n) is 6.79. The SMILES string of the molecule is CC(C)c1ccc(N2CCC(C(C)C)C2)cn1. The highest BCUT2D eigenvalue weighted by molar-refractivity contribution is 5.45. The van der Waals surface area contributed by atoms with Crippen molar-refractivity contribution in [3.8, 4) is 0 Å². The van der Waals surface area contributed by atoms with Crippen LogP contribution in [0.4, 0.5) is 5.69 Å². The zero-order valence-electron chi connectivity index (χ0n) is 11.5. The van der Waals surface area contributed by atoms with E-state index in [-0.39, 0.29) is 0 Å². The van der Waals surface area contributed by atoms with Gasteiger partial charge in [0.1, 0.15) is 0 Å². The maximum absolute atomic E-state index is 4.55. The molecule has 1 atom stereocenters. The van der Waals surface area contributed by atoms with Crippen LogP contribution in [-0.4, -0.2) is 18.1 Å². The highest BCUT2D eigenvalue weighted by Gasteiger charge is 2.25. The van der Waals surface area contributed by atoms with Crippen molar-refractivity contribution in [2.75, 3.05) is 18.0 Å². The molecule has 0 amide bonds. The van der Waals surface area contributed by atoms with Gasteiger partial charge < -0.3 is 4.90 Å². The van der Waals surface area contributed by atoms with Gasteiger partial charge in [0, 0.05) is 18.8 Å². The van der Waals surface area contributed by atoms with Crippen LogP contribution in [0.2, 0.25) is 0 Å². The number of nitrogens with zero attached hydrogens (tertiary/aromatic N) is 2. The molecule has 2 rings (SSSR count). The van der Waals surface area contributed by atoms with E-state index in [4.69, 9.17) is 0 Å². The van der Waals surface area contributed by atoms with Gasteiger partial charge >= 0.3 is 0 Å². The summed E-state index contributed by atoms with van der Waals surface area (Å²) in [6.07, 6.45) is 3.36. The van der Waals surface area contributed by atoms with Crippen molar-refractivity contribution in [3.63, 3.8) is 0 Å². The summed E-state index contributed by atoms with van der Waals surface area (Å²) in [6.45, 7) is 11.4. The van der Waals surface area contributed by atoms with Crippen molar-refractivity contribution in [3.05, 3.63) is 24.0 Å². The molecule has 2 heterocycles. The second kappa shape index (κ2) is 5.07. The fraction of sp³-hybridized carbons (Fsp3) is 0.667. The molecule has 0 N–H and O–H groups in total. The molecule has 0 spiro atoms. The number of rotatable bonds is 3. The number of pyridine rings is 1. The minimum atomic E-state index is 0.519. The lowest BCUT2D eigenvalue weighted by Gasteiger charge is -2.20. The molecule has 1 aromatic rings. The molecule has 0 aromatic carbocycles. The number of hydrogen-bond donors (Lipinski definition) is 0. The van der Waals surface area contributed by atoms with Crippen molar-refractivity contribution >= 4 is 5.69 Å². The van der Waals surface area contributed by atoms with Crippen LogP contribution in [0.15, 0.2) is 18.3 Å². The van der Waals surface area contributed by atoms with Crippen molar-refractivity contribution in [2.24, 2.45) is 11.8 Å². The minimum Gasteiger partial charge on any atom is -0.370 e. The van der Waals surface area contributed by atoms with E-state index < -0.39 is 0 Å². The molecule has 2 nitrogen and oxygen atoms in total. The Bertz CT molecular complexity index is 354. The summed E-state index contributed by atoms with van der Waals surface area (Å²) >= 11 is 0. The Labute approximate surface area is 105 Å². The lowest BCUT2D eigenvalue weighted by atomic mass is 9.95. The smallest absolute Gasteiger partial charge is 0.0553 e. The summed E-state index contributed by atoms with van der Waals surface area (Å²) in [5.41, 5.74) is 2.48. The molecule has 1 aliphatic rings. The van der Waals surface area contributed by atoms with E-state index in [1.165, 1.54) is 30.9 Å². The third kappa shape index (κ3) is 2.80. The van der Waals surface area contributed by atoms with Crippen LogP contribution < -0.4 is 4.90 Å². The average molecular weight is 232 g/mol. The van der Waals surface area contributed by atoms with Crippen molar-refractivity contribution in [1.82, 2.24) is 4.98 Å². The lowest BCUT2D eigenvalue weighted by Crippen LogP contribution is -2.21. The summed E-state index contributed by atoms with van der Waals surface area (Å²) in [4.78, 5) is 7.02. The second-order valence-electron chi connectivity index (χ2n) is 5.83. The van der Waals surface area contributed by atoms with Crippen LogP contribution >= 0.6 is 0 Å². The van der Waals surface area contributed by atoms with E-state index >= 15 is 0 Å². The fourth-order valence-corrected chi connectivity index (χ4v) is 2.49. The molecular formula is C15H24N2. The maximum Gasteiger partial charge on any atom is 0.0553 e. The first-order valence-corrected chi connectivity index (χ1v) is 6.79. The van der Waals surface area contributed by atoms with Crippen LogP contribution in [-0.2, 0) is 0 Å². The summed E-state index contributed by atoms with van der Waals surface area (Å²) in [5.74, 6) is 2.16. The van der Waals surface area contributed by atoms with Crippen LogP contribution in [0.3, 0.4) is 0 Å². The lowest BCUT2D eigenvalue weighted by molar-refractivity contribution is 0.423. The predicted octanol–water partition coefficient (Wildman–Crippen LogP) is 3.69. The standard InChI is InChI=1S/C15H24N2/c1-11(2)13-7-8-17(10-13)14-5-6-15(12(3)4)16-9-14/h5-6,9,11-13H,7-8,10H2,1-4H3. The summed E-state index contributed by atoms with van der Waals surface area (Å²) in [7, 11) is 0. The Kier molecular flexibility index (Phi) is 3.70. The van der Waals surface area contributed by atoms with Gasteiger partial charge in [-0.25, -0.2) is 0 Å². The Morgan fingerprint density at radius 2 is 2.00 bits per heavy atom. The second-order valence-corrected chi connectivity index (χ2v) is 5.83. The van der Waals surface area contributed by atoms with E-state index in [9.17, 15) is 0 Å². The van der Waals surface area contributed by atoms with Crippen molar-refractivity contribution in [2.45, 2.75) is 40.0 Å². The topological polar surface area (TPSA) is 16.1 Å². The normalized spacial score (nSPS) is 20.6. The Hall–Kier alpha value is -1.05. The minimum absolute atomic E-state index is 0.519. The molecule has 1 fully saturated rings. The predicted molar refractivity (Wildman–Crippen MR) is 73.5 cm³/mol.